The minimum Gasteiger partial charge on any atom is -0.498 e. The highest BCUT2D eigenvalue weighted by molar-refractivity contribution is 5.37. The first-order valence-electron chi connectivity index (χ1n) is 12.4. The van der Waals surface area contributed by atoms with Crippen LogP contribution in [0.3, 0.4) is 0 Å². The van der Waals surface area contributed by atoms with Crippen molar-refractivity contribution in [3.05, 3.63) is 63.9 Å². The molecule has 0 saturated carbocycles. The second kappa shape index (κ2) is 9.75. The summed E-state index contributed by atoms with van der Waals surface area (Å²) in [5, 5.41) is 11.1. The third-order valence-electron chi connectivity index (χ3n) is 7.93. The van der Waals surface area contributed by atoms with Crippen molar-refractivity contribution in [3.8, 4) is 0 Å². The number of hydrogen-bond donors (Lipinski definition) is 0. The third-order valence-corrected chi connectivity index (χ3v) is 7.93. The van der Waals surface area contributed by atoms with Gasteiger partial charge in [-0.3, -0.25) is 15.0 Å². The molecule has 0 N–H and O–H groups in total. The molecule has 4 aliphatic rings. The minimum atomic E-state index is -0.315. The highest BCUT2D eigenvalue weighted by atomic mass is 16.6. The Labute approximate surface area is 191 Å². The molecule has 32 heavy (non-hydrogen) atoms. The number of nitro groups is 1. The average Bonchev–Trinajstić information content (AvgIpc) is 3.31. The lowest BCUT2D eigenvalue weighted by Gasteiger charge is -2.47. The molecule has 6 nitrogen and oxygen atoms in total. The molecule has 1 aromatic carbocycles. The molecule has 5 rings (SSSR count). The van der Waals surface area contributed by atoms with Crippen LogP contribution in [0.4, 0.5) is 5.69 Å². The molecule has 0 bridgehead atoms. The summed E-state index contributed by atoms with van der Waals surface area (Å²) < 4.78 is 6.46. The van der Waals surface area contributed by atoms with Gasteiger partial charge < -0.3 is 9.64 Å². The van der Waals surface area contributed by atoms with Gasteiger partial charge in [0, 0.05) is 49.0 Å². The van der Waals surface area contributed by atoms with Gasteiger partial charge in [-0.2, -0.15) is 0 Å². The molecule has 4 unspecified atom stereocenters. The van der Waals surface area contributed by atoms with Crippen LogP contribution in [0.5, 0.6) is 0 Å². The van der Waals surface area contributed by atoms with E-state index in [1.165, 1.54) is 50.8 Å². The van der Waals surface area contributed by atoms with E-state index in [1.54, 1.807) is 12.1 Å². The number of non-ortho nitro benzene ring substituents is 1. The molecular formula is C26H35N3O3. The second-order valence-corrected chi connectivity index (χ2v) is 9.82. The van der Waals surface area contributed by atoms with Crippen molar-refractivity contribution >= 4 is 5.69 Å². The highest BCUT2D eigenvalue weighted by Gasteiger charge is 2.47. The SMILES string of the molecule is O=[N+]([O-])c1ccc(C2CN3CCCC3C3C=CC=C(OCCCN4CCCCC4)C23)cc1. The van der Waals surface area contributed by atoms with Gasteiger partial charge in [0.25, 0.3) is 5.69 Å². The van der Waals surface area contributed by atoms with E-state index >= 15 is 0 Å². The summed E-state index contributed by atoms with van der Waals surface area (Å²) in [6, 6.07) is 7.82. The Balaban J connectivity index is 1.30. The molecule has 3 aliphatic heterocycles. The van der Waals surface area contributed by atoms with Crippen molar-refractivity contribution in [1.29, 1.82) is 0 Å². The number of ether oxygens (including phenoxy) is 1. The van der Waals surface area contributed by atoms with Gasteiger partial charge in [-0.1, -0.05) is 30.7 Å². The number of likely N-dealkylation sites (tertiary alicyclic amines) is 1. The van der Waals surface area contributed by atoms with Crippen LogP contribution >= 0.6 is 0 Å². The Morgan fingerprint density at radius 2 is 1.88 bits per heavy atom. The minimum absolute atomic E-state index is 0.161. The first-order valence-corrected chi connectivity index (χ1v) is 12.4. The summed E-state index contributed by atoms with van der Waals surface area (Å²) >= 11 is 0. The van der Waals surface area contributed by atoms with Crippen molar-refractivity contribution in [3.63, 3.8) is 0 Å². The molecule has 3 heterocycles. The zero-order valence-corrected chi connectivity index (χ0v) is 18.9. The number of allylic oxidation sites excluding steroid dienone is 3. The van der Waals surface area contributed by atoms with Crippen molar-refractivity contribution in [1.82, 2.24) is 9.80 Å². The van der Waals surface area contributed by atoms with Crippen LogP contribution < -0.4 is 0 Å². The molecule has 0 aromatic heterocycles. The van der Waals surface area contributed by atoms with E-state index in [0.717, 1.165) is 38.4 Å². The molecule has 1 aliphatic carbocycles. The van der Waals surface area contributed by atoms with Gasteiger partial charge in [0.1, 0.15) is 5.76 Å². The number of piperidine rings is 2. The average molecular weight is 438 g/mol. The summed E-state index contributed by atoms with van der Waals surface area (Å²) in [6.07, 6.45) is 14.3. The summed E-state index contributed by atoms with van der Waals surface area (Å²) in [5.74, 6) is 2.18. The normalized spacial score (nSPS) is 30.4. The maximum atomic E-state index is 11.1. The van der Waals surface area contributed by atoms with E-state index < -0.39 is 0 Å². The Morgan fingerprint density at radius 1 is 1.06 bits per heavy atom. The van der Waals surface area contributed by atoms with Gasteiger partial charge in [-0.05, 0) is 63.4 Å². The summed E-state index contributed by atoms with van der Waals surface area (Å²) in [7, 11) is 0. The van der Waals surface area contributed by atoms with Gasteiger partial charge in [0.2, 0.25) is 0 Å². The predicted molar refractivity (Wildman–Crippen MR) is 125 cm³/mol. The van der Waals surface area contributed by atoms with Crippen LogP contribution in [0, 0.1) is 22.0 Å². The largest absolute Gasteiger partial charge is 0.498 e. The van der Waals surface area contributed by atoms with E-state index in [4.69, 9.17) is 4.74 Å². The van der Waals surface area contributed by atoms with Gasteiger partial charge >= 0.3 is 0 Å². The number of benzene rings is 1. The Kier molecular flexibility index (Phi) is 6.60. The smallest absolute Gasteiger partial charge is 0.269 e. The van der Waals surface area contributed by atoms with Crippen LogP contribution in [0.2, 0.25) is 0 Å². The molecule has 0 spiro atoms. The molecule has 3 saturated heterocycles. The Bertz CT molecular complexity index is 860. The topological polar surface area (TPSA) is 58.9 Å². The molecule has 4 atom stereocenters. The maximum absolute atomic E-state index is 11.1. The van der Waals surface area contributed by atoms with E-state index in [9.17, 15) is 10.1 Å². The van der Waals surface area contributed by atoms with Crippen LogP contribution in [-0.4, -0.2) is 60.1 Å². The van der Waals surface area contributed by atoms with E-state index in [0.29, 0.717) is 23.8 Å². The quantitative estimate of drug-likeness (QED) is 0.350. The van der Waals surface area contributed by atoms with Crippen LogP contribution in [0.15, 0.2) is 48.3 Å². The maximum Gasteiger partial charge on any atom is 0.269 e. The lowest BCUT2D eigenvalue weighted by molar-refractivity contribution is -0.384. The zero-order valence-electron chi connectivity index (χ0n) is 18.9. The first kappa shape index (κ1) is 21.7. The molecule has 6 heteroatoms. The second-order valence-electron chi connectivity index (χ2n) is 9.82. The molecule has 0 amide bonds. The zero-order chi connectivity index (χ0) is 21.9. The fraction of sp³-hybridized carbons (Fsp3) is 0.615. The number of nitrogens with zero attached hydrogens (tertiary/aromatic N) is 3. The van der Waals surface area contributed by atoms with Crippen molar-refractivity contribution < 1.29 is 9.66 Å². The van der Waals surface area contributed by atoms with E-state index in [1.807, 2.05) is 12.1 Å². The van der Waals surface area contributed by atoms with Crippen LogP contribution in [0.25, 0.3) is 0 Å². The number of rotatable bonds is 7. The molecule has 1 aromatic rings. The number of fused-ring (bicyclic) bond motifs is 3. The molecular weight excluding hydrogens is 402 g/mol. The summed E-state index contributed by atoms with van der Waals surface area (Å²) in [4.78, 5) is 16.0. The van der Waals surface area contributed by atoms with Crippen molar-refractivity contribution in [2.75, 3.05) is 39.3 Å². The number of hydrogen-bond acceptors (Lipinski definition) is 5. The van der Waals surface area contributed by atoms with Crippen LogP contribution in [0.1, 0.15) is 50.0 Å². The van der Waals surface area contributed by atoms with E-state index in [-0.39, 0.29) is 10.6 Å². The van der Waals surface area contributed by atoms with Crippen molar-refractivity contribution in [2.24, 2.45) is 11.8 Å². The van der Waals surface area contributed by atoms with Gasteiger partial charge in [-0.25, -0.2) is 0 Å². The van der Waals surface area contributed by atoms with Crippen LogP contribution in [-0.2, 0) is 4.74 Å². The Morgan fingerprint density at radius 3 is 2.66 bits per heavy atom. The molecule has 3 fully saturated rings. The van der Waals surface area contributed by atoms with Gasteiger partial charge in [-0.15, -0.1) is 0 Å². The fourth-order valence-electron chi connectivity index (χ4n) is 6.38. The predicted octanol–water partition coefficient (Wildman–Crippen LogP) is 4.74. The summed E-state index contributed by atoms with van der Waals surface area (Å²) in [5.41, 5.74) is 1.35. The van der Waals surface area contributed by atoms with Gasteiger partial charge in [0.05, 0.1) is 11.5 Å². The van der Waals surface area contributed by atoms with Gasteiger partial charge in [0.15, 0.2) is 0 Å². The standard InChI is InChI=1S/C26H35N3O3/c30-29(31)21-12-10-20(11-13-21)23-19-28-17-5-8-24(28)22-7-4-9-25(26(22)23)32-18-6-16-27-14-2-1-3-15-27/h4,7,9-13,22-24,26H,1-3,5-6,8,14-19H2. The Hall–Kier alpha value is -2.18. The van der Waals surface area contributed by atoms with Crippen molar-refractivity contribution in [2.45, 2.75) is 50.5 Å². The lowest BCUT2D eigenvalue weighted by atomic mass is 9.68. The number of nitro benzene ring substituents is 1. The fourth-order valence-corrected chi connectivity index (χ4v) is 6.38. The molecule has 172 valence electrons. The summed E-state index contributed by atoms with van der Waals surface area (Å²) in [6.45, 7) is 6.51. The van der Waals surface area contributed by atoms with E-state index in [2.05, 4.69) is 28.0 Å². The highest BCUT2D eigenvalue weighted by Crippen LogP contribution is 2.48. The lowest BCUT2D eigenvalue weighted by Crippen LogP contribution is -2.50. The third kappa shape index (κ3) is 4.48. The first-order chi connectivity index (χ1) is 15.7. The monoisotopic (exact) mass is 437 g/mol. The molecule has 0 radical (unpaired) electrons.